The summed E-state index contributed by atoms with van der Waals surface area (Å²) in [6.45, 7) is 3.98. The summed E-state index contributed by atoms with van der Waals surface area (Å²) in [5.74, 6) is -0.335. The third kappa shape index (κ3) is 5.38. The molecule has 1 aromatic carbocycles. The van der Waals surface area contributed by atoms with Gasteiger partial charge in [-0.15, -0.1) is 0 Å². The van der Waals surface area contributed by atoms with Gasteiger partial charge in [0.2, 0.25) is 11.8 Å². The van der Waals surface area contributed by atoms with E-state index in [0.29, 0.717) is 17.3 Å². The number of nitrogens with zero attached hydrogens (tertiary/aromatic N) is 1. The molecule has 0 atom stereocenters. The van der Waals surface area contributed by atoms with Crippen LogP contribution in [0.25, 0.3) is 0 Å². The molecule has 4 nitrogen and oxygen atoms in total. The molecule has 0 unspecified atom stereocenters. The molecular weight excluding hydrogens is 324 g/mol. The first kappa shape index (κ1) is 18.5. The van der Waals surface area contributed by atoms with Crippen molar-refractivity contribution in [1.29, 1.82) is 0 Å². The Balaban J connectivity index is 1.89. The zero-order valence-electron chi connectivity index (χ0n) is 14.4. The van der Waals surface area contributed by atoms with Crippen LogP contribution in [0.3, 0.4) is 0 Å². The number of anilines is 1. The molecule has 2 amide bonds. The van der Waals surface area contributed by atoms with Crippen molar-refractivity contribution in [2.45, 2.75) is 46.0 Å². The lowest BCUT2D eigenvalue weighted by Crippen LogP contribution is -2.40. The largest absolute Gasteiger partial charge is 0.354 e. The summed E-state index contributed by atoms with van der Waals surface area (Å²) >= 11 is 6.12. The second-order valence-corrected chi connectivity index (χ2v) is 6.65. The molecule has 0 bridgehead atoms. The molecule has 1 aliphatic carbocycles. The highest BCUT2D eigenvalue weighted by molar-refractivity contribution is 6.31. The number of benzene rings is 1. The summed E-state index contributed by atoms with van der Waals surface area (Å²) in [6, 6.07) is 5.38. The van der Waals surface area contributed by atoms with Crippen molar-refractivity contribution in [3.63, 3.8) is 0 Å². The predicted octanol–water partition coefficient (Wildman–Crippen LogP) is 4.01. The van der Waals surface area contributed by atoms with Gasteiger partial charge in [0.05, 0.1) is 0 Å². The minimum Gasteiger partial charge on any atom is -0.354 e. The standard InChI is InChI=1S/C19H25ClN2O2/c1-14-8-9-17(12-18(14)20)22(15(2)23)13-19(24)21-11-10-16-6-4-3-5-7-16/h6,8-9,12H,3-5,7,10-11,13H2,1-2H3,(H,21,24). The molecule has 0 spiro atoms. The van der Waals surface area contributed by atoms with E-state index in [1.807, 2.05) is 19.1 Å². The predicted molar refractivity (Wildman–Crippen MR) is 98.4 cm³/mol. The fourth-order valence-electron chi connectivity index (χ4n) is 2.83. The summed E-state index contributed by atoms with van der Waals surface area (Å²) in [7, 11) is 0. The van der Waals surface area contributed by atoms with Crippen molar-refractivity contribution >= 4 is 29.1 Å². The maximum atomic E-state index is 12.2. The average Bonchev–Trinajstić information content (AvgIpc) is 2.56. The average molecular weight is 349 g/mol. The van der Waals surface area contributed by atoms with Crippen LogP contribution in [0.15, 0.2) is 29.8 Å². The number of hydrogen-bond donors (Lipinski definition) is 1. The number of carbonyl (C=O) groups is 2. The summed E-state index contributed by atoms with van der Waals surface area (Å²) in [5, 5.41) is 3.49. The number of aryl methyl sites for hydroxylation is 1. The van der Waals surface area contributed by atoms with Gasteiger partial charge >= 0.3 is 0 Å². The van der Waals surface area contributed by atoms with Gasteiger partial charge in [0, 0.05) is 24.2 Å². The van der Waals surface area contributed by atoms with Gasteiger partial charge in [-0.05, 0) is 56.7 Å². The molecule has 0 aliphatic heterocycles. The summed E-state index contributed by atoms with van der Waals surface area (Å²) in [6.07, 6.45) is 7.97. The van der Waals surface area contributed by atoms with E-state index < -0.39 is 0 Å². The Morgan fingerprint density at radius 1 is 1.29 bits per heavy atom. The van der Waals surface area contributed by atoms with E-state index in [1.165, 1.54) is 30.2 Å². The van der Waals surface area contributed by atoms with Crippen LogP contribution < -0.4 is 10.2 Å². The number of carbonyl (C=O) groups excluding carboxylic acids is 2. The Morgan fingerprint density at radius 2 is 2.08 bits per heavy atom. The SMILES string of the molecule is CC(=O)N(CC(=O)NCCC1=CCCCC1)c1ccc(C)c(Cl)c1. The van der Waals surface area contributed by atoms with Crippen LogP contribution in [-0.4, -0.2) is 24.9 Å². The lowest BCUT2D eigenvalue weighted by molar-refractivity contribution is -0.123. The second-order valence-electron chi connectivity index (χ2n) is 6.25. The zero-order valence-corrected chi connectivity index (χ0v) is 15.2. The van der Waals surface area contributed by atoms with Crippen molar-refractivity contribution < 1.29 is 9.59 Å². The van der Waals surface area contributed by atoms with Crippen LogP contribution in [0.1, 0.15) is 44.6 Å². The molecule has 0 fully saturated rings. The van der Waals surface area contributed by atoms with E-state index in [0.717, 1.165) is 24.8 Å². The molecule has 2 rings (SSSR count). The van der Waals surface area contributed by atoms with E-state index in [9.17, 15) is 9.59 Å². The topological polar surface area (TPSA) is 49.4 Å². The van der Waals surface area contributed by atoms with E-state index in [-0.39, 0.29) is 18.4 Å². The first-order valence-corrected chi connectivity index (χ1v) is 8.84. The molecule has 0 heterocycles. The van der Waals surface area contributed by atoms with Gasteiger partial charge in [0.1, 0.15) is 6.54 Å². The van der Waals surface area contributed by atoms with Gasteiger partial charge < -0.3 is 10.2 Å². The smallest absolute Gasteiger partial charge is 0.240 e. The Kier molecular flexibility index (Phi) is 6.85. The normalized spacial score (nSPS) is 14.0. The van der Waals surface area contributed by atoms with Crippen LogP contribution >= 0.6 is 11.6 Å². The summed E-state index contributed by atoms with van der Waals surface area (Å²) in [4.78, 5) is 25.5. The van der Waals surface area contributed by atoms with Gasteiger partial charge in [-0.2, -0.15) is 0 Å². The van der Waals surface area contributed by atoms with Crippen molar-refractivity contribution in [2.75, 3.05) is 18.0 Å². The van der Waals surface area contributed by atoms with Crippen LogP contribution in [0, 0.1) is 6.92 Å². The van der Waals surface area contributed by atoms with Crippen molar-refractivity contribution in [3.05, 3.63) is 40.4 Å². The molecule has 5 heteroatoms. The van der Waals surface area contributed by atoms with E-state index in [1.54, 1.807) is 6.07 Å². The highest BCUT2D eigenvalue weighted by Gasteiger charge is 2.16. The maximum Gasteiger partial charge on any atom is 0.240 e. The van der Waals surface area contributed by atoms with Gasteiger partial charge in [-0.3, -0.25) is 9.59 Å². The monoisotopic (exact) mass is 348 g/mol. The highest BCUT2D eigenvalue weighted by atomic mass is 35.5. The molecule has 0 radical (unpaired) electrons. The zero-order chi connectivity index (χ0) is 17.5. The summed E-state index contributed by atoms with van der Waals surface area (Å²) in [5.41, 5.74) is 3.01. The van der Waals surface area contributed by atoms with Gasteiger partial charge in [0.15, 0.2) is 0 Å². The summed E-state index contributed by atoms with van der Waals surface area (Å²) < 4.78 is 0. The van der Waals surface area contributed by atoms with Crippen molar-refractivity contribution in [3.8, 4) is 0 Å². The molecule has 24 heavy (non-hydrogen) atoms. The fraction of sp³-hybridized carbons (Fsp3) is 0.474. The number of halogens is 1. The number of amides is 2. The second kappa shape index (κ2) is 8.88. The molecule has 0 aromatic heterocycles. The van der Waals surface area contributed by atoms with E-state index in [4.69, 9.17) is 11.6 Å². The minimum absolute atomic E-state index is 0.00771. The van der Waals surface area contributed by atoms with Gasteiger partial charge in [-0.25, -0.2) is 0 Å². The molecule has 0 saturated carbocycles. The number of rotatable bonds is 6. The van der Waals surface area contributed by atoms with Crippen LogP contribution in [-0.2, 0) is 9.59 Å². The van der Waals surface area contributed by atoms with Crippen LogP contribution in [0.5, 0.6) is 0 Å². The first-order chi connectivity index (χ1) is 11.5. The molecule has 130 valence electrons. The molecule has 0 saturated heterocycles. The Bertz CT molecular complexity index is 640. The highest BCUT2D eigenvalue weighted by Crippen LogP contribution is 2.23. The Morgan fingerprint density at radius 3 is 2.71 bits per heavy atom. The minimum atomic E-state index is -0.181. The van der Waals surface area contributed by atoms with Crippen LogP contribution in [0.4, 0.5) is 5.69 Å². The number of hydrogen-bond acceptors (Lipinski definition) is 2. The molecule has 1 aromatic rings. The lowest BCUT2D eigenvalue weighted by atomic mass is 9.97. The number of allylic oxidation sites excluding steroid dienone is 1. The fourth-order valence-corrected chi connectivity index (χ4v) is 3.00. The van der Waals surface area contributed by atoms with Gasteiger partial charge in [-0.1, -0.05) is 29.3 Å². The quantitative estimate of drug-likeness (QED) is 0.790. The van der Waals surface area contributed by atoms with E-state index >= 15 is 0 Å². The van der Waals surface area contributed by atoms with Gasteiger partial charge in [0.25, 0.3) is 0 Å². The molecule has 1 N–H and O–H groups in total. The number of nitrogens with one attached hydrogen (secondary N) is 1. The molecule has 1 aliphatic rings. The van der Waals surface area contributed by atoms with Crippen molar-refractivity contribution in [2.24, 2.45) is 0 Å². The van der Waals surface area contributed by atoms with Crippen molar-refractivity contribution in [1.82, 2.24) is 5.32 Å². The molecular formula is C19H25ClN2O2. The third-order valence-corrected chi connectivity index (χ3v) is 4.71. The maximum absolute atomic E-state index is 12.2. The first-order valence-electron chi connectivity index (χ1n) is 8.46. The lowest BCUT2D eigenvalue weighted by Gasteiger charge is -2.21. The third-order valence-electron chi connectivity index (χ3n) is 4.30. The Labute approximate surface area is 148 Å². The van der Waals surface area contributed by atoms with E-state index in [2.05, 4.69) is 11.4 Å². The van der Waals surface area contributed by atoms with Crippen LogP contribution in [0.2, 0.25) is 5.02 Å². The Hall–Kier alpha value is -1.81.